The summed E-state index contributed by atoms with van der Waals surface area (Å²) < 4.78 is 6.00. The summed E-state index contributed by atoms with van der Waals surface area (Å²) in [5, 5.41) is 6.00. The summed E-state index contributed by atoms with van der Waals surface area (Å²) in [6, 6.07) is 21.4. The van der Waals surface area contributed by atoms with E-state index in [4.69, 9.17) is 21.9 Å². The van der Waals surface area contributed by atoms with E-state index in [9.17, 15) is 0 Å². The smallest absolute Gasteiger partial charge is 0.185 e. The molecule has 0 bridgehead atoms. The lowest BCUT2D eigenvalue weighted by atomic mass is 9.99. The van der Waals surface area contributed by atoms with Crippen LogP contribution in [0.5, 0.6) is 5.75 Å². The van der Waals surface area contributed by atoms with E-state index in [2.05, 4.69) is 71.0 Å². The summed E-state index contributed by atoms with van der Waals surface area (Å²) >= 11 is 0. The number of benzene rings is 3. The molecule has 3 aromatic carbocycles. The predicted molar refractivity (Wildman–Crippen MR) is 130 cm³/mol. The molecule has 0 aliphatic heterocycles. The van der Waals surface area contributed by atoms with E-state index in [1.807, 2.05) is 0 Å². The van der Waals surface area contributed by atoms with Crippen LogP contribution in [-0.2, 0) is 6.54 Å². The molecular weight excluding hydrogens is 386 g/mol. The number of unbranched alkanes of at least 4 members (excludes halogenated alkanes) is 1. The zero-order valence-corrected chi connectivity index (χ0v) is 18.0. The molecule has 0 heterocycles. The van der Waals surface area contributed by atoms with Gasteiger partial charge in [0.15, 0.2) is 5.96 Å². The summed E-state index contributed by atoms with van der Waals surface area (Å²) in [6.07, 6.45) is 2.79. The number of aliphatic imine (C=N–C) groups is 1. The van der Waals surface area contributed by atoms with Gasteiger partial charge < -0.3 is 27.3 Å². The van der Waals surface area contributed by atoms with Crippen molar-refractivity contribution in [2.24, 2.45) is 22.2 Å². The second-order valence-corrected chi connectivity index (χ2v) is 7.57. The van der Waals surface area contributed by atoms with Crippen LogP contribution in [0.3, 0.4) is 0 Å². The fourth-order valence-corrected chi connectivity index (χ4v) is 3.47. The number of hydrogen-bond donors (Lipinski definition) is 4. The maximum atomic E-state index is 6.00. The Morgan fingerprint density at radius 3 is 2.45 bits per heavy atom. The molecule has 3 aromatic rings. The highest BCUT2D eigenvalue weighted by Gasteiger charge is 2.08. The SMILES string of the molecule is NCCCOc1ccc(-c2ccc3ccccc3c2)cc1CNCCCCN=C(N)N. The second-order valence-electron chi connectivity index (χ2n) is 7.57. The molecule has 0 saturated heterocycles. The van der Waals surface area contributed by atoms with Crippen molar-refractivity contribution >= 4 is 16.7 Å². The van der Waals surface area contributed by atoms with Crippen LogP contribution in [0.25, 0.3) is 21.9 Å². The van der Waals surface area contributed by atoms with Crippen molar-refractivity contribution in [2.45, 2.75) is 25.8 Å². The maximum Gasteiger partial charge on any atom is 0.185 e. The van der Waals surface area contributed by atoms with E-state index in [1.165, 1.54) is 21.9 Å². The lowest BCUT2D eigenvalue weighted by Crippen LogP contribution is -2.23. The van der Waals surface area contributed by atoms with Gasteiger partial charge in [0, 0.05) is 18.7 Å². The molecule has 0 saturated carbocycles. The standard InChI is InChI=1S/C25H33N5O/c26-12-5-15-31-24-11-10-22(21-9-8-19-6-1-2-7-20(19)16-21)17-23(24)18-29-13-3-4-14-30-25(27)28/h1-2,6-11,16-17,29H,3-5,12-15,18,26H2,(H4,27,28,30). The van der Waals surface area contributed by atoms with Crippen LogP contribution >= 0.6 is 0 Å². The quantitative estimate of drug-likeness (QED) is 0.204. The van der Waals surface area contributed by atoms with Crippen LogP contribution in [0.4, 0.5) is 0 Å². The number of nitrogens with zero attached hydrogens (tertiary/aromatic N) is 1. The Bertz CT molecular complexity index is 998. The Balaban J connectivity index is 1.70. The summed E-state index contributed by atoms with van der Waals surface area (Å²) in [5.41, 5.74) is 19.9. The molecule has 0 radical (unpaired) electrons. The molecule has 0 amide bonds. The highest BCUT2D eigenvalue weighted by atomic mass is 16.5. The largest absolute Gasteiger partial charge is 0.493 e. The van der Waals surface area contributed by atoms with E-state index >= 15 is 0 Å². The topological polar surface area (TPSA) is 112 Å². The lowest BCUT2D eigenvalue weighted by Gasteiger charge is -2.14. The Labute approximate surface area is 184 Å². The van der Waals surface area contributed by atoms with Crippen molar-refractivity contribution in [2.75, 3.05) is 26.2 Å². The highest BCUT2D eigenvalue weighted by molar-refractivity contribution is 5.87. The minimum Gasteiger partial charge on any atom is -0.493 e. The summed E-state index contributed by atoms with van der Waals surface area (Å²) in [7, 11) is 0. The number of hydrogen-bond acceptors (Lipinski definition) is 4. The Hall–Kier alpha value is -3.09. The van der Waals surface area contributed by atoms with Crippen LogP contribution in [0.15, 0.2) is 65.7 Å². The fourth-order valence-electron chi connectivity index (χ4n) is 3.47. The molecule has 3 rings (SSSR count). The van der Waals surface area contributed by atoms with Crippen LogP contribution < -0.4 is 27.3 Å². The number of nitrogens with two attached hydrogens (primary N) is 3. The zero-order chi connectivity index (χ0) is 21.9. The Morgan fingerprint density at radius 2 is 1.65 bits per heavy atom. The van der Waals surface area contributed by atoms with Crippen molar-refractivity contribution < 1.29 is 4.74 Å². The van der Waals surface area contributed by atoms with Gasteiger partial charge in [0.25, 0.3) is 0 Å². The third-order valence-electron chi connectivity index (χ3n) is 5.12. The molecule has 0 aliphatic carbocycles. The first-order valence-corrected chi connectivity index (χ1v) is 10.9. The number of ether oxygens (including phenoxy) is 1. The second kappa shape index (κ2) is 11.9. The summed E-state index contributed by atoms with van der Waals surface area (Å²) in [5.74, 6) is 1.06. The van der Waals surface area contributed by atoms with Crippen LogP contribution in [0.1, 0.15) is 24.8 Å². The molecule has 0 fully saturated rings. The van der Waals surface area contributed by atoms with Gasteiger partial charge in [-0.3, -0.25) is 4.99 Å². The molecule has 31 heavy (non-hydrogen) atoms. The minimum absolute atomic E-state index is 0.151. The monoisotopic (exact) mass is 419 g/mol. The summed E-state index contributed by atoms with van der Waals surface area (Å²) in [6.45, 7) is 3.54. The lowest BCUT2D eigenvalue weighted by molar-refractivity contribution is 0.309. The van der Waals surface area contributed by atoms with E-state index in [-0.39, 0.29) is 5.96 Å². The molecule has 6 heteroatoms. The molecule has 6 nitrogen and oxygen atoms in total. The van der Waals surface area contributed by atoms with Crippen molar-refractivity contribution in [1.29, 1.82) is 0 Å². The van der Waals surface area contributed by atoms with Gasteiger partial charge in [0.05, 0.1) is 6.61 Å². The van der Waals surface area contributed by atoms with Crippen LogP contribution in [-0.4, -0.2) is 32.2 Å². The van der Waals surface area contributed by atoms with Crippen molar-refractivity contribution in [1.82, 2.24) is 5.32 Å². The molecule has 0 atom stereocenters. The van der Waals surface area contributed by atoms with Crippen LogP contribution in [0.2, 0.25) is 0 Å². The average Bonchev–Trinajstić information content (AvgIpc) is 2.78. The predicted octanol–water partition coefficient (Wildman–Crippen LogP) is 3.38. The third kappa shape index (κ3) is 6.98. The van der Waals surface area contributed by atoms with E-state index < -0.39 is 0 Å². The van der Waals surface area contributed by atoms with Gasteiger partial charge in [-0.15, -0.1) is 0 Å². The third-order valence-corrected chi connectivity index (χ3v) is 5.12. The van der Waals surface area contributed by atoms with Gasteiger partial charge >= 0.3 is 0 Å². The molecule has 0 aromatic heterocycles. The molecule has 0 aliphatic rings. The van der Waals surface area contributed by atoms with Gasteiger partial charge in [0.1, 0.15) is 5.75 Å². The maximum absolute atomic E-state index is 6.00. The molecule has 0 spiro atoms. The van der Waals surface area contributed by atoms with Crippen molar-refractivity contribution in [3.63, 3.8) is 0 Å². The van der Waals surface area contributed by atoms with Crippen LogP contribution in [0, 0.1) is 0 Å². The molecule has 0 unspecified atom stereocenters. The van der Waals surface area contributed by atoms with Crippen molar-refractivity contribution in [3.05, 3.63) is 66.2 Å². The number of rotatable bonds is 12. The van der Waals surface area contributed by atoms with Gasteiger partial charge in [0.2, 0.25) is 0 Å². The normalized spacial score (nSPS) is 10.9. The van der Waals surface area contributed by atoms with E-state index in [1.54, 1.807) is 0 Å². The fraction of sp³-hybridized carbons (Fsp3) is 0.320. The first-order chi connectivity index (χ1) is 15.2. The average molecular weight is 420 g/mol. The Morgan fingerprint density at radius 1 is 0.871 bits per heavy atom. The zero-order valence-electron chi connectivity index (χ0n) is 18.0. The molecule has 164 valence electrons. The number of guanidine groups is 1. The molecule has 7 N–H and O–H groups in total. The molecular formula is C25H33N5O. The van der Waals surface area contributed by atoms with Gasteiger partial charge in [-0.05, 0) is 72.5 Å². The van der Waals surface area contributed by atoms with Gasteiger partial charge in [-0.2, -0.15) is 0 Å². The van der Waals surface area contributed by atoms with Crippen molar-refractivity contribution in [3.8, 4) is 16.9 Å². The highest BCUT2D eigenvalue weighted by Crippen LogP contribution is 2.29. The first kappa shape index (κ1) is 22.6. The van der Waals surface area contributed by atoms with Gasteiger partial charge in [-0.1, -0.05) is 42.5 Å². The van der Waals surface area contributed by atoms with Gasteiger partial charge in [-0.25, -0.2) is 0 Å². The summed E-state index contributed by atoms with van der Waals surface area (Å²) in [4.78, 5) is 4.02. The van der Waals surface area contributed by atoms with E-state index in [0.29, 0.717) is 19.7 Å². The van der Waals surface area contributed by atoms with E-state index in [0.717, 1.165) is 43.7 Å². The first-order valence-electron chi connectivity index (χ1n) is 10.9. The Kier molecular flexibility index (Phi) is 8.70. The minimum atomic E-state index is 0.151. The number of nitrogens with one attached hydrogen (secondary N) is 1. The number of fused-ring (bicyclic) bond motifs is 1.